The Morgan fingerprint density at radius 3 is 2.71 bits per heavy atom. The molecule has 110 valence electrons. The summed E-state index contributed by atoms with van der Waals surface area (Å²) in [6.45, 7) is -0.213. The number of nitrogens with one attached hydrogen (secondary N) is 1. The molecule has 0 saturated heterocycles. The maximum Gasteiger partial charge on any atom is 0.255 e. The Morgan fingerprint density at radius 2 is 2.10 bits per heavy atom. The first-order valence-corrected chi connectivity index (χ1v) is 6.47. The summed E-state index contributed by atoms with van der Waals surface area (Å²) in [7, 11) is 1.49. The molecule has 0 heterocycles. The van der Waals surface area contributed by atoms with Crippen LogP contribution in [0.25, 0.3) is 0 Å². The van der Waals surface area contributed by atoms with Crippen molar-refractivity contribution in [3.05, 3.63) is 58.4 Å². The lowest BCUT2D eigenvalue weighted by Crippen LogP contribution is -2.12. The Labute approximate surface area is 126 Å². The minimum absolute atomic E-state index is 0.117. The number of hydrogen-bond acceptors (Lipinski definition) is 3. The SMILES string of the molecule is COc1ccc(NC(=O)c2ccc(F)c(Cl)c2)cc1CO. The highest BCUT2D eigenvalue weighted by molar-refractivity contribution is 6.31. The molecule has 0 aliphatic rings. The van der Waals surface area contributed by atoms with Gasteiger partial charge in [0.05, 0.1) is 18.7 Å². The lowest BCUT2D eigenvalue weighted by molar-refractivity contribution is 0.102. The number of aliphatic hydroxyl groups excluding tert-OH is 1. The number of methoxy groups -OCH3 is 1. The van der Waals surface area contributed by atoms with Gasteiger partial charge in [0.2, 0.25) is 0 Å². The maximum absolute atomic E-state index is 13.1. The largest absolute Gasteiger partial charge is 0.496 e. The van der Waals surface area contributed by atoms with E-state index in [4.69, 9.17) is 16.3 Å². The van der Waals surface area contributed by atoms with Crippen LogP contribution in [0.5, 0.6) is 5.75 Å². The van der Waals surface area contributed by atoms with E-state index in [2.05, 4.69) is 5.32 Å². The Kier molecular flexibility index (Phi) is 4.77. The molecular formula is C15H13ClFNO3. The lowest BCUT2D eigenvalue weighted by atomic mass is 10.1. The predicted molar refractivity (Wildman–Crippen MR) is 78.3 cm³/mol. The number of anilines is 1. The molecule has 0 aromatic heterocycles. The molecule has 0 radical (unpaired) electrons. The van der Waals surface area contributed by atoms with Gasteiger partial charge in [-0.3, -0.25) is 4.79 Å². The molecule has 21 heavy (non-hydrogen) atoms. The number of carbonyl (C=O) groups is 1. The first kappa shape index (κ1) is 15.3. The summed E-state index contributed by atoms with van der Waals surface area (Å²) in [4.78, 5) is 12.0. The van der Waals surface area contributed by atoms with Crippen molar-refractivity contribution in [3.63, 3.8) is 0 Å². The van der Waals surface area contributed by atoms with Gasteiger partial charge in [-0.15, -0.1) is 0 Å². The zero-order valence-corrected chi connectivity index (χ0v) is 11.9. The van der Waals surface area contributed by atoms with Crippen molar-refractivity contribution in [2.45, 2.75) is 6.61 Å². The highest BCUT2D eigenvalue weighted by Crippen LogP contribution is 2.23. The van der Waals surface area contributed by atoms with Gasteiger partial charge in [0.15, 0.2) is 0 Å². The zero-order chi connectivity index (χ0) is 15.4. The molecule has 0 saturated carbocycles. The Bertz CT molecular complexity index is 676. The zero-order valence-electron chi connectivity index (χ0n) is 11.2. The van der Waals surface area contributed by atoms with Gasteiger partial charge < -0.3 is 15.2 Å². The van der Waals surface area contributed by atoms with E-state index in [1.165, 1.54) is 19.2 Å². The van der Waals surface area contributed by atoms with Crippen LogP contribution in [0.4, 0.5) is 10.1 Å². The summed E-state index contributed by atoms with van der Waals surface area (Å²) in [5, 5.41) is 11.8. The Hall–Kier alpha value is -2.11. The van der Waals surface area contributed by atoms with E-state index in [0.717, 1.165) is 6.07 Å². The smallest absolute Gasteiger partial charge is 0.255 e. The van der Waals surface area contributed by atoms with Gasteiger partial charge in [0.25, 0.3) is 5.91 Å². The van der Waals surface area contributed by atoms with Gasteiger partial charge in [0.1, 0.15) is 11.6 Å². The Balaban J connectivity index is 2.21. The number of aliphatic hydroxyl groups is 1. The molecular weight excluding hydrogens is 297 g/mol. The van der Waals surface area contributed by atoms with Crippen molar-refractivity contribution in [2.24, 2.45) is 0 Å². The molecule has 1 amide bonds. The normalized spacial score (nSPS) is 10.3. The van der Waals surface area contributed by atoms with Crippen molar-refractivity contribution < 1.29 is 19.0 Å². The molecule has 0 unspecified atom stereocenters. The molecule has 0 aliphatic heterocycles. The summed E-state index contributed by atoms with van der Waals surface area (Å²) in [6, 6.07) is 8.60. The van der Waals surface area contributed by atoms with Gasteiger partial charge in [-0.2, -0.15) is 0 Å². The average Bonchev–Trinajstić information content (AvgIpc) is 2.49. The van der Waals surface area contributed by atoms with Crippen LogP contribution in [0.2, 0.25) is 5.02 Å². The summed E-state index contributed by atoms with van der Waals surface area (Å²) in [5.41, 5.74) is 1.28. The van der Waals surface area contributed by atoms with Gasteiger partial charge in [-0.25, -0.2) is 4.39 Å². The van der Waals surface area contributed by atoms with Gasteiger partial charge >= 0.3 is 0 Å². The number of carbonyl (C=O) groups excluding carboxylic acids is 1. The van der Waals surface area contributed by atoms with E-state index in [-0.39, 0.29) is 17.2 Å². The van der Waals surface area contributed by atoms with Crippen LogP contribution in [0.1, 0.15) is 15.9 Å². The molecule has 2 aromatic carbocycles. The summed E-state index contributed by atoms with van der Waals surface area (Å²) < 4.78 is 18.1. The minimum Gasteiger partial charge on any atom is -0.496 e. The highest BCUT2D eigenvalue weighted by Gasteiger charge is 2.10. The first-order valence-electron chi connectivity index (χ1n) is 6.09. The predicted octanol–water partition coefficient (Wildman–Crippen LogP) is 3.23. The third-order valence-electron chi connectivity index (χ3n) is 2.89. The van der Waals surface area contributed by atoms with Crippen molar-refractivity contribution in [1.29, 1.82) is 0 Å². The second-order valence-electron chi connectivity index (χ2n) is 4.27. The minimum atomic E-state index is -0.583. The van der Waals surface area contributed by atoms with E-state index in [1.54, 1.807) is 18.2 Å². The monoisotopic (exact) mass is 309 g/mol. The molecule has 2 N–H and O–H groups in total. The van der Waals surface area contributed by atoms with Crippen molar-refractivity contribution in [1.82, 2.24) is 0 Å². The molecule has 2 rings (SSSR count). The van der Waals surface area contributed by atoms with Crippen LogP contribution < -0.4 is 10.1 Å². The third kappa shape index (κ3) is 3.51. The number of hydrogen-bond donors (Lipinski definition) is 2. The van der Waals surface area contributed by atoms with Crippen LogP contribution in [0.3, 0.4) is 0 Å². The maximum atomic E-state index is 13.1. The fourth-order valence-corrected chi connectivity index (χ4v) is 2.00. The molecule has 0 bridgehead atoms. The van der Waals surface area contributed by atoms with E-state index >= 15 is 0 Å². The Morgan fingerprint density at radius 1 is 1.33 bits per heavy atom. The van der Waals surface area contributed by atoms with Gasteiger partial charge in [-0.05, 0) is 36.4 Å². The second-order valence-corrected chi connectivity index (χ2v) is 4.67. The topological polar surface area (TPSA) is 58.6 Å². The van der Waals surface area contributed by atoms with E-state index in [9.17, 15) is 14.3 Å². The van der Waals surface area contributed by atoms with Crippen LogP contribution in [-0.2, 0) is 6.61 Å². The standard InChI is InChI=1S/C15H13ClFNO3/c1-21-14-5-3-11(6-10(14)8-19)18-15(20)9-2-4-13(17)12(16)7-9/h2-7,19H,8H2,1H3,(H,18,20). The molecule has 2 aromatic rings. The number of amides is 1. The molecule has 0 aliphatic carbocycles. The summed E-state index contributed by atoms with van der Waals surface area (Å²) >= 11 is 5.64. The van der Waals surface area contributed by atoms with Crippen LogP contribution in [0, 0.1) is 5.82 Å². The number of rotatable bonds is 4. The first-order chi connectivity index (χ1) is 10.0. The lowest BCUT2D eigenvalue weighted by Gasteiger charge is -2.10. The number of halogens is 2. The number of benzene rings is 2. The summed E-state index contributed by atoms with van der Waals surface area (Å²) in [6.07, 6.45) is 0. The van der Waals surface area contributed by atoms with Crippen LogP contribution >= 0.6 is 11.6 Å². The second kappa shape index (κ2) is 6.56. The van der Waals surface area contributed by atoms with Crippen molar-refractivity contribution in [3.8, 4) is 5.75 Å². The molecule has 4 nitrogen and oxygen atoms in total. The molecule has 6 heteroatoms. The molecule has 0 fully saturated rings. The van der Waals surface area contributed by atoms with Crippen LogP contribution in [0.15, 0.2) is 36.4 Å². The fourth-order valence-electron chi connectivity index (χ4n) is 1.82. The molecule has 0 atom stereocenters. The summed E-state index contributed by atoms with van der Waals surface area (Å²) in [5.74, 6) is -0.480. The van der Waals surface area contributed by atoms with Crippen molar-refractivity contribution in [2.75, 3.05) is 12.4 Å². The average molecular weight is 310 g/mol. The third-order valence-corrected chi connectivity index (χ3v) is 3.18. The quantitative estimate of drug-likeness (QED) is 0.911. The van der Waals surface area contributed by atoms with E-state index in [1.807, 2.05) is 0 Å². The number of ether oxygens (including phenoxy) is 1. The van der Waals surface area contributed by atoms with E-state index in [0.29, 0.717) is 17.0 Å². The van der Waals surface area contributed by atoms with Gasteiger partial charge in [-0.1, -0.05) is 11.6 Å². The fraction of sp³-hybridized carbons (Fsp3) is 0.133. The van der Waals surface area contributed by atoms with Crippen LogP contribution in [-0.4, -0.2) is 18.1 Å². The van der Waals surface area contributed by atoms with Crippen molar-refractivity contribution >= 4 is 23.2 Å². The highest BCUT2D eigenvalue weighted by atomic mass is 35.5. The molecule has 0 spiro atoms. The van der Waals surface area contributed by atoms with Gasteiger partial charge in [0, 0.05) is 16.8 Å². The van der Waals surface area contributed by atoms with E-state index < -0.39 is 11.7 Å².